The first-order valence-electron chi connectivity index (χ1n) is 10.3. The van der Waals surface area contributed by atoms with E-state index >= 15 is 0 Å². The van der Waals surface area contributed by atoms with Crippen LogP contribution in [0.5, 0.6) is 0 Å². The van der Waals surface area contributed by atoms with E-state index in [0.29, 0.717) is 11.3 Å². The third-order valence-corrected chi connectivity index (χ3v) is 8.21. The van der Waals surface area contributed by atoms with Gasteiger partial charge in [0.15, 0.2) is 9.84 Å². The second-order valence-corrected chi connectivity index (χ2v) is 11.5. The summed E-state index contributed by atoms with van der Waals surface area (Å²) in [4.78, 5) is 12.9. The zero-order valence-electron chi connectivity index (χ0n) is 18.4. The van der Waals surface area contributed by atoms with Gasteiger partial charge in [-0.3, -0.25) is 9.52 Å². The summed E-state index contributed by atoms with van der Waals surface area (Å²) < 4.78 is 52.8. The van der Waals surface area contributed by atoms with Crippen molar-refractivity contribution in [2.24, 2.45) is 0 Å². The lowest BCUT2D eigenvalue weighted by Gasteiger charge is -2.12. The van der Waals surface area contributed by atoms with Gasteiger partial charge in [0.25, 0.3) is 15.9 Å². The summed E-state index contributed by atoms with van der Waals surface area (Å²) in [5.41, 5.74) is 2.17. The lowest BCUT2D eigenvalue weighted by Crippen LogP contribution is -2.27. The predicted octanol–water partition coefficient (Wildman–Crippen LogP) is 3.70. The lowest BCUT2D eigenvalue weighted by atomic mass is 10.1. The van der Waals surface area contributed by atoms with E-state index < -0.39 is 25.8 Å². The summed E-state index contributed by atoms with van der Waals surface area (Å²) in [5, 5.41) is 2.68. The highest BCUT2D eigenvalue weighted by Crippen LogP contribution is 2.20. The first-order chi connectivity index (χ1) is 15.6. The molecular weight excluding hydrogens is 460 g/mol. The molecule has 0 spiro atoms. The minimum absolute atomic E-state index is 0.0357. The summed E-state index contributed by atoms with van der Waals surface area (Å²) in [5.74, 6) is -0.567. The largest absolute Gasteiger partial charge is 0.352 e. The van der Waals surface area contributed by atoms with Gasteiger partial charge in [-0.05, 0) is 67.8 Å². The van der Waals surface area contributed by atoms with Gasteiger partial charge >= 0.3 is 0 Å². The molecule has 0 aliphatic rings. The van der Waals surface area contributed by atoms with Crippen molar-refractivity contribution in [2.75, 3.05) is 17.0 Å². The predicted molar refractivity (Wildman–Crippen MR) is 129 cm³/mol. The van der Waals surface area contributed by atoms with Crippen molar-refractivity contribution in [3.63, 3.8) is 0 Å². The van der Waals surface area contributed by atoms with Crippen molar-refractivity contribution >= 4 is 31.5 Å². The molecule has 3 aromatic rings. The monoisotopic (exact) mass is 486 g/mol. The molecule has 33 heavy (non-hydrogen) atoms. The van der Waals surface area contributed by atoms with Crippen LogP contribution in [0.3, 0.4) is 0 Å². The average Bonchev–Trinajstić information content (AvgIpc) is 2.77. The fourth-order valence-corrected chi connectivity index (χ4v) is 5.65. The maximum Gasteiger partial charge on any atom is 0.261 e. The highest BCUT2D eigenvalue weighted by molar-refractivity contribution is 7.92. The van der Waals surface area contributed by atoms with Crippen LogP contribution in [0.25, 0.3) is 0 Å². The number of sulfonamides is 1. The van der Waals surface area contributed by atoms with Crippen LogP contribution in [0.2, 0.25) is 0 Å². The quantitative estimate of drug-likeness (QED) is 0.448. The average molecular weight is 487 g/mol. The molecular formula is C24H26N2O5S2. The molecule has 9 heteroatoms. The summed E-state index contributed by atoms with van der Waals surface area (Å²) in [6.07, 6.45) is 0.231. The summed E-state index contributed by atoms with van der Waals surface area (Å²) in [6.45, 7) is 3.71. The Labute approximate surface area is 194 Å². The molecule has 0 unspecified atom stereocenters. The van der Waals surface area contributed by atoms with Gasteiger partial charge in [-0.25, -0.2) is 16.8 Å². The molecule has 7 nitrogen and oxygen atoms in total. The molecule has 0 aliphatic carbocycles. The number of hydrogen-bond acceptors (Lipinski definition) is 5. The normalized spacial score (nSPS) is 11.7. The molecule has 0 saturated heterocycles. The third-order valence-electron chi connectivity index (χ3n) is 5.01. The fourth-order valence-electron chi connectivity index (χ4n) is 3.24. The second-order valence-electron chi connectivity index (χ2n) is 7.69. The Morgan fingerprint density at radius 2 is 1.55 bits per heavy atom. The van der Waals surface area contributed by atoms with Crippen molar-refractivity contribution < 1.29 is 21.6 Å². The molecule has 0 fully saturated rings. The zero-order chi connectivity index (χ0) is 24.1. The highest BCUT2D eigenvalue weighted by Gasteiger charge is 2.19. The van der Waals surface area contributed by atoms with Crippen LogP contribution in [0.1, 0.15) is 27.9 Å². The molecule has 0 atom stereocenters. The molecule has 3 aromatic carbocycles. The lowest BCUT2D eigenvalue weighted by molar-refractivity contribution is 0.0953. The molecule has 2 N–H and O–H groups in total. The third kappa shape index (κ3) is 6.43. The summed E-state index contributed by atoms with van der Waals surface area (Å²) in [7, 11) is -7.32. The summed E-state index contributed by atoms with van der Waals surface area (Å²) >= 11 is 0. The van der Waals surface area contributed by atoms with Crippen LogP contribution in [0.15, 0.2) is 82.6 Å². The number of benzene rings is 3. The van der Waals surface area contributed by atoms with Gasteiger partial charge < -0.3 is 5.32 Å². The SMILES string of the molecule is Cc1cccc(NS(=O)(=O)c2ccc(C)c(C(=O)NCCCS(=O)(=O)c3ccccc3)c2)c1. The molecule has 0 saturated carbocycles. The van der Waals surface area contributed by atoms with Crippen molar-refractivity contribution in [3.05, 3.63) is 89.5 Å². The molecule has 0 radical (unpaired) electrons. The Balaban J connectivity index is 1.65. The van der Waals surface area contributed by atoms with E-state index in [9.17, 15) is 21.6 Å². The number of aryl methyl sites for hydroxylation is 2. The van der Waals surface area contributed by atoms with Crippen LogP contribution in [-0.2, 0) is 19.9 Å². The molecule has 0 aliphatic heterocycles. The fraction of sp³-hybridized carbons (Fsp3) is 0.208. The number of nitrogens with one attached hydrogen (secondary N) is 2. The van der Waals surface area contributed by atoms with Crippen LogP contribution in [0.4, 0.5) is 5.69 Å². The number of hydrogen-bond donors (Lipinski definition) is 2. The minimum Gasteiger partial charge on any atom is -0.352 e. The topological polar surface area (TPSA) is 109 Å². The van der Waals surface area contributed by atoms with Crippen LogP contribution >= 0.6 is 0 Å². The van der Waals surface area contributed by atoms with Gasteiger partial charge in [0.2, 0.25) is 0 Å². The van der Waals surface area contributed by atoms with E-state index in [1.54, 1.807) is 49.4 Å². The van der Waals surface area contributed by atoms with Crippen molar-refractivity contribution in [1.82, 2.24) is 5.32 Å². The smallest absolute Gasteiger partial charge is 0.261 e. The van der Waals surface area contributed by atoms with Crippen LogP contribution < -0.4 is 10.0 Å². The standard InChI is InChI=1S/C24H26N2O5S2/c1-18-8-6-9-20(16-18)26-33(30,31)22-13-12-19(2)23(17-22)24(27)25-14-7-15-32(28,29)21-10-4-3-5-11-21/h3-6,8-13,16-17,26H,7,14-15H2,1-2H3,(H,25,27). The van der Waals surface area contributed by atoms with E-state index in [-0.39, 0.29) is 34.1 Å². The molecule has 0 bridgehead atoms. The molecule has 0 heterocycles. The number of rotatable bonds is 9. The maximum absolute atomic E-state index is 12.8. The van der Waals surface area contributed by atoms with Crippen molar-refractivity contribution in [1.29, 1.82) is 0 Å². The second kappa shape index (κ2) is 10.2. The Morgan fingerprint density at radius 1 is 0.818 bits per heavy atom. The maximum atomic E-state index is 12.8. The Kier molecular flexibility index (Phi) is 7.55. The van der Waals surface area contributed by atoms with Crippen LogP contribution in [-0.4, -0.2) is 35.0 Å². The summed E-state index contributed by atoms with van der Waals surface area (Å²) in [6, 6.07) is 19.4. The molecule has 3 rings (SSSR count). The number of anilines is 1. The minimum atomic E-state index is -3.89. The van der Waals surface area contributed by atoms with Gasteiger partial charge in [-0.2, -0.15) is 0 Å². The molecule has 174 valence electrons. The van der Waals surface area contributed by atoms with E-state index in [2.05, 4.69) is 10.0 Å². The van der Waals surface area contributed by atoms with E-state index in [1.807, 2.05) is 13.0 Å². The number of sulfone groups is 1. The Bertz CT molecular complexity index is 1350. The highest BCUT2D eigenvalue weighted by atomic mass is 32.2. The van der Waals surface area contributed by atoms with Gasteiger partial charge in [-0.15, -0.1) is 0 Å². The van der Waals surface area contributed by atoms with E-state index in [0.717, 1.165) is 5.56 Å². The zero-order valence-corrected chi connectivity index (χ0v) is 20.0. The van der Waals surface area contributed by atoms with E-state index in [1.165, 1.54) is 24.3 Å². The van der Waals surface area contributed by atoms with E-state index in [4.69, 9.17) is 0 Å². The van der Waals surface area contributed by atoms with Crippen LogP contribution in [0, 0.1) is 13.8 Å². The van der Waals surface area contributed by atoms with Gasteiger partial charge in [0.1, 0.15) is 0 Å². The number of carbonyl (C=O) groups excluding carboxylic acids is 1. The van der Waals surface area contributed by atoms with Crippen molar-refractivity contribution in [2.45, 2.75) is 30.1 Å². The van der Waals surface area contributed by atoms with Gasteiger partial charge in [0, 0.05) is 17.8 Å². The number of carbonyl (C=O) groups is 1. The Hall–Kier alpha value is -3.17. The number of amides is 1. The first kappa shape index (κ1) is 24.5. The molecule has 1 amide bonds. The van der Waals surface area contributed by atoms with Gasteiger partial charge in [-0.1, -0.05) is 36.4 Å². The Morgan fingerprint density at radius 3 is 2.24 bits per heavy atom. The van der Waals surface area contributed by atoms with Gasteiger partial charge in [0.05, 0.1) is 15.5 Å². The van der Waals surface area contributed by atoms with Crippen molar-refractivity contribution in [3.8, 4) is 0 Å². The molecule has 0 aromatic heterocycles. The first-order valence-corrected chi connectivity index (χ1v) is 13.5.